The molecule has 0 nitrogen and oxygen atoms in total. The number of hydrogen-bond donors (Lipinski definition) is 0. The van der Waals surface area contributed by atoms with E-state index in [2.05, 4.69) is 12.1 Å². The molecule has 1 aromatic carbocycles. The van der Waals surface area contributed by atoms with E-state index in [1.807, 2.05) is 12.1 Å². The van der Waals surface area contributed by atoms with Crippen LogP contribution in [0.2, 0.25) is 5.02 Å². The third-order valence-electron chi connectivity index (χ3n) is 2.69. The Labute approximate surface area is 84.9 Å². The maximum Gasteiger partial charge on any atom is 0.0406 e. The van der Waals surface area contributed by atoms with E-state index in [9.17, 15) is 0 Å². The molecule has 1 aliphatic rings. The summed E-state index contributed by atoms with van der Waals surface area (Å²) in [5.41, 5.74) is 1.42. The summed E-state index contributed by atoms with van der Waals surface area (Å²) in [4.78, 5) is 0. The van der Waals surface area contributed by atoms with Crippen molar-refractivity contribution in [1.82, 2.24) is 0 Å². The molecule has 13 heavy (non-hydrogen) atoms. The van der Waals surface area contributed by atoms with E-state index in [1.54, 1.807) is 0 Å². The van der Waals surface area contributed by atoms with Crippen molar-refractivity contribution >= 4 is 11.6 Å². The highest BCUT2D eigenvalue weighted by molar-refractivity contribution is 6.30. The summed E-state index contributed by atoms with van der Waals surface area (Å²) in [6.45, 7) is 0. The van der Waals surface area contributed by atoms with E-state index >= 15 is 0 Å². The first-order valence-corrected chi connectivity index (χ1v) is 5.47. The summed E-state index contributed by atoms with van der Waals surface area (Å²) < 4.78 is 0. The summed E-state index contributed by atoms with van der Waals surface area (Å²) in [7, 11) is 0. The van der Waals surface area contributed by atoms with Gasteiger partial charge in [0, 0.05) is 5.02 Å². The Hall–Kier alpha value is -0.490. The molecule has 0 unspecified atom stereocenters. The lowest BCUT2D eigenvalue weighted by Crippen LogP contribution is -1.85. The quantitative estimate of drug-likeness (QED) is 0.678. The molecule has 1 saturated carbocycles. The van der Waals surface area contributed by atoms with Crippen LogP contribution in [0.25, 0.3) is 0 Å². The molecule has 0 aliphatic heterocycles. The minimum Gasteiger partial charge on any atom is -0.0843 e. The zero-order chi connectivity index (χ0) is 9.10. The van der Waals surface area contributed by atoms with Crippen molar-refractivity contribution < 1.29 is 0 Å². The molecule has 0 aromatic heterocycles. The van der Waals surface area contributed by atoms with Crippen LogP contribution in [0.15, 0.2) is 24.3 Å². The van der Waals surface area contributed by atoms with Crippen LogP contribution in [0.3, 0.4) is 0 Å². The van der Waals surface area contributed by atoms with Gasteiger partial charge < -0.3 is 0 Å². The second-order valence-electron chi connectivity index (χ2n) is 3.96. The van der Waals surface area contributed by atoms with E-state index in [1.165, 1.54) is 37.7 Å². The van der Waals surface area contributed by atoms with Gasteiger partial charge in [-0.25, -0.2) is 0 Å². The lowest BCUT2D eigenvalue weighted by Gasteiger charge is -2.00. The second-order valence-corrected chi connectivity index (χ2v) is 4.40. The maximum absolute atomic E-state index is 5.81. The lowest BCUT2D eigenvalue weighted by molar-refractivity contribution is 0.666. The molecule has 1 aliphatic carbocycles. The minimum atomic E-state index is 0.839. The van der Waals surface area contributed by atoms with Gasteiger partial charge in [-0.2, -0.15) is 0 Å². The first-order chi connectivity index (χ1) is 6.34. The molecule has 1 heteroatoms. The van der Waals surface area contributed by atoms with E-state index in [4.69, 9.17) is 11.6 Å². The molecular weight excluding hydrogens is 180 g/mol. The lowest BCUT2D eigenvalue weighted by atomic mass is 10.1. The number of aryl methyl sites for hydroxylation is 1. The van der Waals surface area contributed by atoms with Crippen LogP contribution in [0.5, 0.6) is 0 Å². The molecule has 2 rings (SSSR count). The van der Waals surface area contributed by atoms with E-state index < -0.39 is 0 Å². The molecule has 1 fully saturated rings. The molecule has 0 atom stereocenters. The highest BCUT2D eigenvalue weighted by atomic mass is 35.5. The zero-order valence-corrected chi connectivity index (χ0v) is 8.56. The Kier molecular flexibility index (Phi) is 2.90. The minimum absolute atomic E-state index is 0.839. The smallest absolute Gasteiger partial charge is 0.0406 e. The molecule has 0 amide bonds. The predicted molar refractivity (Wildman–Crippen MR) is 57.1 cm³/mol. The standard InChI is InChI=1S/C12H15Cl/c13-12-8-6-11(7-9-12)3-1-2-10-4-5-10/h6-10H,1-5H2. The number of halogens is 1. The first kappa shape index (κ1) is 9.08. The number of benzene rings is 1. The summed E-state index contributed by atoms with van der Waals surface area (Å²) in [5.74, 6) is 1.06. The van der Waals surface area contributed by atoms with Crippen molar-refractivity contribution in [2.45, 2.75) is 32.1 Å². The summed E-state index contributed by atoms with van der Waals surface area (Å²) in [5, 5.41) is 0.839. The molecule has 0 N–H and O–H groups in total. The molecule has 0 radical (unpaired) electrons. The predicted octanol–water partition coefficient (Wildman–Crippen LogP) is 4.07. The fourth-order valence-electron chi connectivity index (χ4n) is 1.65. The van der Waals surface area contributed by atoms with E-state index in [0.29, 0.717) is 0 Å². The monoisotopic (exact) mass is 194 g/mol. The van der Waals surface area contributed by atoms with Crippen LogP contribution in [0.4, 0.5) is 0 Å². The third kappa shape index (κ3) is 3.04. The molecule has 0 heterocycles. The molecule has 0 bridgehead atoms. The van der Waals surface area contributed by atoms with Gasteiger partial charge in [0.1, 0.15) is 0 Å². The van der Waals surface area contributed by atoms with Crippen molar-refractivity contribution in [3.63, 3.8) is 0 Å². The van der Waals surface area contributed by atoms with Crippen LogP contribution < -0.4 is 0 Å². The van der Waals surface area contributed by atoms with Gasteiger partial charge in [0.15, 0.2) is 0 Å². The summed E-state index contributed by atoms with van der Waals surface area (Å²) in [6, 6.07) is 8.23. The van der Waals surface area contributed by atoms with Crippen LogP contribution in [-0.4, -0.2) is 0 Å². The van der Waals surface area contributed by atoms with Crippen molar-refractivity contribution in [1.29, 1.82) is 0 Å². The van der Waals surface area contributed by atoms with Gasteiger partial charge in [-0.15, -0.1) is 0 Å². The van der Waals surface area contributed by atoms with Gasteiger partial charge in [-0.1, -0.05) is 43.0 Å². The average Bonchev–Trinajstić information content (AvgIpc) is 2.92. The van der Waals surface area contributed by atoms with Crippen molar-refractivity contribution in [3.05, 3.63) is 34.9 Å². The van der Waals surface area contributed by atoms with Gasteiger partial charge in [-0.05, 0) is 36.5 Å². The molecule has 70 valence electrons. The van der Waals surface area contributed by atoms with E-state index in [0.717, 1.165) is 10.9 Å². The summed E-state index contributed by atoms with van der Waals surface area (Å²) in [6.07, 6.45) is 6.92. The van der Waals surface area contributed by atoms with E-state index in [-0.39, 0.29) is 0 Å². The second kappa shape index (κ2) is 4.15. The Balaban J connectivity index is 1.76. The Morgan fingerprint density at radius 2 is 1.85 bits per heavy atom. The zero-order valence-electron chi connectivity index (χ0n) is 7.80. The topological polar surface area (TPSA) is 0 Å². The van der Waals surface area contributed by atoms with Crippen LogP contribution >= 0.6 is 11.6 Å². The number of rotatable bonds is 4. The molecular formula is C12H15Cl. The Bertz CT molecular complexity index is 259. The highest BCUT2D eigenvalue weighted by Crippen LogP contribution is 2.33. The fourth-order valence-corrected chi connectivity index (χ4v) is 1.78. The Morgan fingerprint density at radius 1 is 1.15 bits per heavy atom. The maximum atomic E-state index is 5.81. The van der Waals surface area contributed by atoms with Gasteiger partial charge in [0.25, 0.3) is 0 Å². The van der Waals surface area contributed by atoms with Crippen LogP contribution in [0, 0.1) is 5.92 Å². The third-order valence-corrected chi connectivity index (χ3v) is 2.94. The van der Waals surface area contributed by atoms with Gasteiger partial charge >= 0.3 is 0 Å². The van der Waals surface area contributed by atoms with Crippen molar-refractivity contribution in [3.8, 4) is 0 Å². The molecule has 0 saturated heterocycles. The normalized spacial score (nSPS) is 16.1. The summed E-state index contributed by atoms with van der Waals surface area (Å²) >= 11 is 5.81. The largest absolute Gasteiger partial charge is 0.0843 e. The van der Waals surface area contributed by atoms with Crippen LogP contribution in [-0.2, 0) is 6.42 Å². The molecule has 1 aromatic rings. The molecule has 0 spiro atoms. The van der Waals surface area contributed by atoms with Gasteiger partial charge in [-0.3, -0.25) is 0 Å². The SMILES string of the molecule is Clc1ccc(CCCC2CC2)cc1. The van der Waals surface area contributed by atoms with Crippen molar-refractivity contribution in [2.75, 3.05) is 0 Å². The fraction of sp³-hybridized carbons (Fsp3) is 0.500. The van der Waals surface area contributed by atoms with Crippen molar-refractivity contribution in [2.24, 2.45) is 5.92 Å². The van der Waals surface area contributed by atoms with Crippen LogP contribution in [0.1, 0.15) is 31.2 Å². The highest BCUT2D eigenvalue weighted by Gasteiger charge is 2.19. The van der Waals surface area contributed by atoms with Gasteiger partial charge in [0.05, 0.1) is 0 Å². The first-order valence-electron chi connectivity index (χ1n) is 5.09. The number of hydrogen-bond acceptors (Lipinski definition) is 0. The Morgan fingerprint density at radius 3 is 2.46 bits per heavy atom. The van der Waals surface area contributed by atoms with Gasteiger partial charge in [0.2, 0.25) is 0 Å². The average molecular weight is 195 g/mol.